The third-order valence-corrected chi connectivity index (χ3v) is 17.6. The predicted octanol–water partition coefficient (Wildman–Crippen LogP) is 16.7. The molecule has 11 aromatic rings. The summed E-state index contributed by atoms with van der Waals surface area (Å²) in [7, 11) is 6.36. The average Bonchev–Trinajstić information content (AvgIpc) is 0.844. The molecule has 0 radical (unpaired) electrons. The maximum atomic E-state index is 13.5. The number of amides is 1. The van der Waals surface area contributed by atoms with Crippen LogP contribution in [0.1, 0.15) is 86.6 Å². The predicted molar refractivity (Wildman–Crippen MR) is 393 cm³/mol. The van der Waals surface area contributed by atoms with Crippen molar-refractivity contribution in [2.24, 2.45) is 0 Å². The van der Waals surface area contributed by atoms with Crippen molar-refractivity contribution >= 4 is 141 Å². The number of nitrogens with zero attached hydrogens (tertiary/aromatic N) is 10. The van der Waals surface area contributed by atoms with Gasteiger partial charge in [-0.25, -0.2) is 24.9 Å². The zero-order valence-electron chi connectivity index (χ0n) is 56.8. The van der Waals surface area contributed by atoms with Gasteiger partial charge in [0.05, 0.1) is 61.0 Å². The first-order valence-corrected chi connectivity index (χ1v) is 34.6. The van der Waals surface area contributed by atoms with Crippen molar-refractivity contribution in [3.05, 3.63) is 153 Å². The van der Waals surface area contributed by atoms with E-state index in [4.69, 9.17) is 18.9 Å². The van der Waals surface area contributed by atoms with Gasteiger partial charge in [0.1, 0.15) is 40.0 Å². The molecule has 8 heterocycles. The molecule has 1 aliphatic heterocycles. The number of aryl methyl sites for hydroxylation is 3. The van der Waals surface area contributed by atoms with Crippen molar-refractivity contribution in [3.63, 3.8) is 0 Å². The van der Waals surface area contributed by atoms with Crippen LogP contribution in [0.5, 0.6) is 23.0 Å². The van der Waals surface area contributed by atoms with E-state index in [1.165, 1.54) is 32.8 Å². The molecule has 7 aromatic heterocycles. The van der Waals surface area contributed by atoms with E-state index in [1.807, 2.05) is 49.5 Å². The quantitative estimate of drug-likeness (QED) is 0.0281. The van der Waals surface area contributed by atoms with Gasteiger partial charge in [0.15, 0.2) is 23.0 Å². The zero-order valence-corrected chi connectivity index (χ0v) is 60.0. The normalized spacial score (nSPS) is 13.8. The minimum Gasteiger partial charge on any atom is -0.493 e. The number of nitrogens with one attached hydrogen (secondary N) is 11. The number of anilines is 14. The van der Waals surface area contributed by atoms with Gasteiger partial charge in [-0.3, -0.25) is 9.89 Å². The van der Waals surface area contributed by atoms with Crippen molar-refractivity contribution < 1.29 is 50.1 Å². The third kappa shape index (κ3) is 18.8. The Hall–Kier alpha value is -11.0. The molecular formula is C70H71Br2F6N21O5. The van der Waals surface area contributed by atoms with Crippen LogP contribution < -0.4 is 66.8 Å². The van der Waals surface area contributed by atoms with Gasteiger partial charge in [-0.1, -0.05) is 13.8 Å². The molecule has 26 nitrogen and oxygen atoms in total. The summed E-state index contributed by atoms with van der Waals surface area (Å²) in [6.07, 6.45) is 10.0. The number of ether oxygens (including phenoxy) is 4. The second kappa shape index (κ2) is 32.1. The number of fused-ring (bicyclic) bond motifs is 3. The Kier molecular flexibility index (Phi) is 22.5. The van der Waals surface area contributed by atoms with Crippen LogP contribution in [-0.2, 0) is 36.4 Å². The smallest absolute Gasteiger partial charge is 0.421 e. The fourth-order valence-corrected chi connectivity index (χ4v) is 11.3. The zero-order chi connectivity index (χ0) is 73.2. The number of benzene rings is 4. The van der Waals surface area contributed by atoms with E-state index in [-0.39, 0.29) is 35.5 Å². The van der Waals surface area contributed by atoms with E-state index < -0.39 is 23.5 Å². The fourth-order valence-electron chi connectivity index (χ4n) is 10.7. The summed E-state index contributed by atoms with van der Waals surface area (Å²) in [5.74, 6) is 4.76. The number of aromatic amines is 2. The average molecular weight is 1560 g/mol. The minimum atomic E-state index is -4.63. The van der Waals surface area contributed by atoms with E-state index in [0.29, 0.717) is 77.6 Å². The highest BCUT2D eigenvalue weighted by atomic mass is 79.9. The summed E-state index contributed by atoms with van der Waals surface area (Å²) in [5.41, 5.74) is 6.73. The number of alkyl halides is 6. The molecule has 4 aliphatic rings. The number of rotatable bonds is 22. The summed E-state index contributed by atoms with van der Waals surface area (Å²) >= 11 is 6.95. The summed E-state index contributed by atoms with van der Waals surface area (Å²) in [6, 6.07) is 22.8. The summed E-state index contributed by atoms with van der Waals surface area (Å²) in [4.78, 5) is 52.4. The van der Waals surface area contributed by atoms with Crippen molar-refractivity contribution in [2.75, 3.05) is 76.3 Å². The number of hydrogen-bond acceptors (Lipinski definition) is 23. The Balaban J connectivity index is 0.000000132. The molecule has 15 rings (SSSR count). The molecule has 1 amide bonds. The van der Waals surface area contributed by atoms with Crippen LogP contribution in [0.15, 0.2) is 125 Å². The molecule has 542 valence electrons. The molecule has 3 fully saturated rings. The van der Waals surface area contributed by atoms with Crippen LogP contribution in [0, 0.1) is 0 Å². The van der Waals surface area contributed by atoms with Crippen LogP contribution >= 0.6 is 31.9 Å². The van der Waals surface area contributed by atoms with Crippen molar-refractivity contribution in [3.8, 4) is 23.0 Å². The van der Waals surface area contributed by atoms with Crippen molar-refractivity contribution in [1.29, 1.82) is 0 Å². The van der Waals surface area contributed by atoms with Gasteiger partial charge >= 0.3 is 12.4 Å². The molecule has 3 aliphatic carbocycles. The van der Waals surface area contributed by atoms with Crippen molar-refractivity contribution in [1.82, 2.24) is 60.0 Å². The second-order valence-electron chi connectivity index (χ2n) is 24.2. The number of carbonyl (C=O) groups is 1. The van der Waals surface area contributed by atoms with Crippen LogP contribution in [0.4, 0.5) is 108 Å². The molecule has 104 heavy (non-hydrogen) atoms. The van der Waals surface area contributed by atoms with Gasteiger partial charge in [-0.2, -0.15) is 51.4 Å². The third-order valence-electron chi connectivity index (χ3n) is 16.4. The number of halogens is 8. The van der Waals surface area contributed by atoms with E-state index in [9.17, 15) is 31.1 Å². The number of pyridine rings is 1. The summed E-state index contributed by atoms with van der Waals surface area (Å²) < 4.78 is 104. The maximum absolute atomic E-state index is 13.5. The molecule has 0 saturated heterocycles. The first kappa shape index (κ1) is 72.7. The number of hydrogen-bond donors (Lipinski definition) is 11. The molecule has 4 aromatic carbocycles. The highest BCUT2D eigenvalue weighted by Crippen LogP contribution is 2.42. The van der Waals surface area contributed by atoms with Gasteiger partial charge in [0.2, 0.25) is 29.7 Å². The van der Waals surface area contributed by atoms with Gasteiger partial charge in [-0.05, 0) is 167 Å². The molecule has 0 unspecified atom stereocenters. The van der Waals surface area contributed by atoms with E-state index in [2.05, 4.69) is 147 Å². The summed E-state index contributed by atoms with van der Waals surface area (Å²) in [5, 5.41) is 35.9. The molecule has 0 atom stereocenters. The number of methoxy groups -OCH3 is 4. The molecule has 3 saturated carbocycles. The minimum absolute atomic E-state index is 0.00434. The number of aromatic nitrogens is 12. The SMILES string of the molecule is Brc1cnc(Nc2cnc3[nH]ccc3c2)nc1NC1CC1.CCc1cc(Nc2ncc(Br)c(NC3CC3)n2)cc(OC)c1OC.CCc1cc(Nc2ncc(C(F)(F)F)c(NC3CC3)n2)cc(OC)c1OC.O=C1CCc2cc(Nc3ncc(C(F)(F)F)c(Nc4ccc5[nH]ncc5c4)n3)ccc2N1. The first-order valence-electron chi connectivity index (χ1n) is 33.0. The Morgan fingerprint density at radius 3 is 1.50 bits per heavy atom. The van der Waals surface area contributed by atoms with E-state index in [0.717, 1.165) is 114 Å². The topological polar surface area (TPSA) is 323 Å². The highest BCUT2D eigenvalue weighted by Gasteiger charge is 2.38. The van der Waals surface area contributed by atoms with Gasteiger partial charge in [0.25, 0.3) is 0 Å². The summed E-state index contributed by atoms with van der Waals surface area (Å²) in [6.45, 7) is 4.04. The Labute approximate surface area is 608 Å². The lowest BCUT2D eigenvalue weighted by atomic mass is 10.0. The van der Waals surface area contributed by atoms with E-state index >= 15 is 0 Å². The van der Waals surface area contributed by atoms with Crippen LogP contribution in [0.25, 0.3) is 21.9 Å². The van der Waals surface area contributed by atoms with Crippen molar-refractivity contribution in [2.45, 2.75) is 109 Å². The lowest BCUT2D eigenvalue weighted by Gasteiger charge is -2.18. The van der Waals surface area contributed by atoms with E-state index in [1.54, 1.807) is 82.5 Å². The molecule has 11 N–H and O–H groups in total. The number of carbonyl (C=O) groups excluding carboxylic acids is 1. The lowest BCUT2D eigenvalue weighted by Crippen LogP contribution is -2.18. The number of H-pyrrole nitrogens is 2. The molecule has 34 heteroatoms. The second-order valence-corrected chi connectivity index (χ2v) is 26.0. The Morgan fingerprint density at radius 1 is 0.490 bits per heavy atom. The Morgan fingerprint density at radius 2 is 0.971 bits per heavy atom. The van der Waals surface area contributed by atoms with Gasteiger partial charge < -0.3 is 71.8 Å². The highest BCUT2D eigenvalue weighted by molar-refractivity contribution is 9.11. The lowest BCUT2D eigenvalue weighted by molar-refractivity contribution is -0.138. The molecular weight excluding hydrogens is 1490 g/mol. The van der Waals surface area contributed by atoms with Crippen LogP contribution in [0.2, 0.25) is 0 Å². The van der Waals surface area contributed by atoms with Crippen LogP contribution in [0.3, 0.4) is 0 Å². The first-order chi connectivity index (χ1) is 50.1. The Bertz CT molecular complexity index is 4830. The fraction of sp³-hybridized carbons (Fsp3) is 0.300. The maximum Gasteiger partial charge on any atom is 0.421 e. The largest absolute Gasteiger partial charge is 0.493 e. The molecule has 0 bridgehead atoms. The van der Waals surface area contributed by atoms with Gasteiger partial charge in [-0.15, -0.1) is 0 Å². The standard InChI is InChI=1S/C21H16F3N7O.C18H21F3N4O2.C17H21BrN4O2.C14H13BrN6/c22-21(23,24)15-10-25-20(28-14-2-4-16-11(7-14)1-6-18(32)29-16)30-19(15)27-13-3-5-17-12(8-13)9-26-31-17;1-4-10-7-12(8-14(26-2)15(10)27-3)24-17-22-9-13(18(19,20)21)16(25-17)23-11-5-6-11;1-4-10-7-12(8-14(23-2)15(10)24-3)21-17-19-9-13(18)16(22-17)20-11-5-6-11;15-11-7-18-14(21-13(11)19-9-1-2-9)20-10-5-8-3-4-16-12(8)17-6-10/h2-5,7-10H,1,6H2,(H,26,31)(H,29,32)(H2,25,27,28,30);7-9,11H,4-6H2,1-3H3,(H2,22,23,24,25);7-9,11H,4-6H2,1-3H3,(H2,19,20,21,22);3-7,9H,1-2H2,(H,16,17)(H2,18,19,20,21). The molecule has 0 spiro atoms. The van der Waals surface area contributed by atoms with Gasteiger partial charge in [0, 0.05) is 107 Å². The monoisotopic (exact) mass is 1560 g/mol. The van der Waals surface area contributed by atoms with Crippen LogP contribution in [-0.4, -0.2) is 113 Å².